The number of rotatable bonds is 3. The zero-order valence-corrected chi connectivity index (χ0v) is 13.9. The quantitative estimate of drug-likeness (QED) is 0.568. The number of hydrogen-bond acceptors (Lipinski definition) is 2. The van der Waals surface area contributed by atoms with Crippen LogP contribution in [0, 0.1) is 11.6 Å². The van der Waals surface area contributed by atoms with Gasteiger partial charge in [0.2, 0.25) is 0 Å². The maximum atomic E-state index is 13.9. The Kier molecular flexibility index (Phi) is 4.70. The van der Waals surface area contributed by atoms with Crippen LogP contribution in [-0.2, 0) is 9.84 Å². The fraction of sp³-hybridized carbons (Fsp3) is 0.143. The van der Waals surface area contributed by atoms with Gasteiger partial charge in [0.25, 0.3) is 0 Å². The highest BCUT2D eigenvalue weighted by molar-refractivity contribution is 9.10. The first-order valence-electron chi connectivity index (χ1n) is 5.78. The normalized spacial score (nSPS) is 13.2. The average molecular weight is 396 g/mol. The molecule has 0 amide bonds. The van der Waals surface area contributed by atoms with Crippen LogP contribution in [0.2, 0.25) is 0 Å². The van der Waals surface area contributed by atoms with Crippen LogP contribution in [0.25, 0.3) is 0 Å². The highest BCUT2D eigenvalue weighted by Crippen LogP contribution is 2.33. The molecule has 0 aliphatic heterocycles. The van der Waals surface area contributed by atoms with Gasteiger partial charge in [-0.25, -0.2) is 17.2 Å². The summed E-state index contributed by atoms with van der Waals surface area (Å²) in [6.45, 7) is 0. The molecule has 0 saturated carbocycles. The number of hydrogen-bond donors (Lipinski definition) is 0. The molecule has 1 atom stereocenters. The lowest BCUT2D eigenvalue weighted by Gasteiger charge is -2.12. The van der Waals surface area contributed by atoms with Gasteiger partial charge in [-0.05, 0) is 45.8 Å². The molecule has 7 heteroatoms. The fourth-order valence-electron chi connectivity index (χ4n) is 1.80. The van der Waals surface area contributed by atoms with Crippen molar-refractivity contribution in [1.29, 1.82) is 0 Å². The molecular weight excluding hydrogens is 386 g/mol. The highest BCUT2D eigenvalue weighted by Gasteiger charge is 2.18. The Morgan fingerprint density at radius 3 is 2.19 bits per heavy atom. The molecule has 0 bridgehead atoms. The molecule has 2 rings (SSSR count). The molecule has 0 radical (unpaired) electrons. The predicted molar refractivity (Wildman–Crippen MR) is 81.3 cm³/mol. The van der Waals surface area contributed by atoms with Crippen LogP contribution in [0.15, 0.2) is 45.8 Å². The summed E-state index contributed by atoms with van der Waals surface area (Å²) < 4.78 is 50.1. The van der Waals surface area contributed by atoms with Gasteiger partial charge in [0.15, 0.2) is 9.84 Å². The topological polar surface area (TPSA) is 34.1 Å². The van der Waals surface area contributed by atoms with Crippen molar-refractivity contribution in [2.75, 3.05) is 6.26 Å². The van der Waals surface area contributed by atoms with Gasteiger partial charge in [-0.2, -0.15) is 0 Å². The summed E-state index contributed by atoms with van der Waals surface area (Å²) >= 11 is 9.05. The molecular formula is C14H10BrClF2O2S. The maximum absolute atomic E-state index is 13.9. The standard InChI is InChI=1S/C14H10BrClF2O2S/c1-21(19,20)9-4-2-8(3-5-9)14(16)10-6-13(18)11(15)7-12(10)17/h2-7,14H,1H3. The van der Waals surface area contributed by atoms with Crippen molar-refractivity contribution in [3.05, 3.63) is 63.6 Å². The second-order valence-corrected chi connectivity index (χ2v) is 7.80. The van der Waals surface area contributed by atoms with E-state index in [4.69, 9.17) is 11.6 Å². The summed E-state index contributed by atoms with van der Waals surface area (Å²) in [6.07, 6.45) is 1.09. The molecule has 0 saturated heterocycles. The van der Waals surface area contributed by atoms with E-state index in [0.717, 1.165) is 18.4 Å². The largest absolute Gasteiger partial charge is 0.224 e. The van der Waals surface area contributed by atoms with Crippen LogP contribution in [0.4, 0.5) is 8.78 Å². The molecule has 0 spiro atoms. The van der Waals surface area contributed by atoms with E-state index in [1.807, 2.05) is 0 Å². The van der Waals surface area contributed by atoms with Crippen molar-refractivity contribution in [1.82, 2.24) is 0 Å². The Hall–Kier alpha value is -0.980. The van der Waals surface area contributed by atoms with E-state index in [1.165, 1.54) is 24.3 Å². The third-order valence-electron chi connectivity index (χ3n) is 2.91. The molecule has 2 nitrogen and oxygen atoms in total. The Bertz CT molecular complexity index is 776. The highest BCUT2D eigenvalue weighted by atomic mass is 79.9. The lowest BCUT2D eigenvalue weighted by atomic mass is 10.0. The first kappa shape index (κ1) is 16.4. The molecule has 21 heavy (non-hydrogen) atoms. The first-order valence-corrected chi connectivity index (χ1v) is 8.91. The summed E-state index contributed by atoms with van der Waals surface area (Å²) in [6, 6.07) is 7.74. The van der Waals surface area contributed by atoms with Crippen LogP contribution in [-0.4, -0.2) is 14.7 Å². The smallest absolute Gasteiger partial charge is 0.175 e. The van der Waals surface area contributed by atoms with E-state index in [2.05, 4.69) is 15.9 Å². The lowest BCUT2D eigenvalue weighted by molar-refractivity contribution is 0.582. The molecule has 0 heterocycles. The molecule has 0 aromatic heterocycles. The lowest BCUT2D eigenvalue weighted by Crippen LogP contribution is -2.01. The molecule has 0 aliphatic rings. The number of halogens is 4. The monoisotopic (exact) mass is 394 g/mol. The van der Waals surface area contributed by atoms with Crippen LogP contribution >= 0.6 is 27.5 Å². The summed E-state index contributed by atoms with van der Waals surface area (Å²) in [5, 5.41) is -0.916. The molecule has 0 N–H and O–H groups in total. The van der Waals surface area contributed by atoms with Gasteiger partial charge in [0.1, 0.15) is 11.6 Å². The Labute approximate surface area is 134 Å². The van der Waals surface area contributed by atoms with Crippen molar-refractivity contribution in [2.24, 2.45) is 0 Å². The van der Waals surface area contributed by atoms with E-state index in [1.54, 1.807) is 0 Å². The summed E-state index contributed by atoms with van der Waals surface area (Å²) in [5.74, 6) is -1.26. The van der Waals surface area contributed by atoms with Crippen molar-refractivity contribution in [3.63, 3.8) is 0 Å². The average Bonchev–Trinajstić information content (AvgIpc) is 2.41. The van der Waals surface area contributed by atoms with E-state index >= 15 is 0 Å². The van der Waals surface area contributed by atoms with Gasteiger partial charge in [0.05, 0.1) is 14.7 Å². The van der Waals surface area contributed by atoms with E-state index < -0.39 is 26.8 Å². The zero-order chi connectivity index (χ0) is 15.8. The maximum Gasteiger partial charge on any atom is 0.175 e. The van der Waals surface area contributed by atoms with Crippen molar-refractivity contribution < 1.29 is 17.2 Å². The van der Waals surface area contributed by atoms with Crippen LogP contribution in [0.3, 0.4) is 0 Å². The predicted octanol–water partition coefficient (Wildman–Crippen LogP) is 4.46. The van der Waals surface area contributed by atoms with E-state index in [-0.39, 0.29) is 14.9 Å². The minimum absolute atomic E-state index is 0.00975. The van der Waals surface area contributed by atoms with Crippen LogP contribution in [0.1, 0.15) is 16.5 Å². The van der Waals surface area contributed by atoms with Crippen LogP contribution < -0.4 is 0 Å². The number of benzene rings is 2. The Balaban J connectivity index is 2.41. The van der Waals surface area contributed by atoms with Gasteiger partial charge < -0.3 is 0 Å². The molecule has 1 unspecified atom stereocenters. The summed E-state index contributed by atoms with van der Waals surface area (Å²) in [5.41, 5.74) is 0.467. The van der Waals surface area contributed by atoms with E-state index in [9.17, 15) is 17.2 Å². The zero-order valence-electron chi connectivity index (χ0n) is 10.8. The Morgan fingerprint density at radius 2 is 1.67 bits per heavy atom. The minimum atomic E-state index is -3.31. The van der Waals surface area contributed by atoms with Crippen molar-refractivity contribution in [2.45, 2.75) is 10.3 Å². The van der Waals surface area contributed by atoms with Gasteiger partial charge in [0, 0.05) is 11.8 Å². The van der Waals surface area contributed by atoms with Gasteiger partial charge in [-0.15, -0.1) is 11.6 Å². The summed E-state index contributed by atoms with van der Waals surface area (Å²) in [7, 11) is -3.31. The summed E-state index contributed by atoms with van der Waals surface area (Å²) in [4.78, 5) is 0.137. The molecule has 2 aromatic carbocycles. The van der Waals surface area contributed by atoms with Gasteiger partial charge >= 0.3 is 0 Å². The fourth-order valence-corrected chi connectivity index (χ4v) is 3.05. The second-order valence-electron chi connectivity index (χ2n) is 4.49. The van der Waals surface area contributed by atoms with Crippen molar-refractivity contribution >= 4 is 37.4 Å². The van der Waals surface area contributed by atoms with Gasteiger partial charge in [-0.3, -0.25) is 0 Å². The molecule has 0 fully saturated rings. The molecule has 0 aliphatic carbocycles. The van der Waals surface area contributed by atoms with Crippen LogP contribution in [0.5, 0.6) is 0 Å². The van der Waals surface area contributed by atoms with Gasteiger partial charge in [-0.1, -0.05) is 12.1 Å². The van der Waals surface area contributed by atoms with Crippen molar-refractivity contribution in [3.8, 4) is 0 Å². The number of sulfone groups is 1. The van der Waals surface area contributed by atoms with E-state index in [0.29, 0.717) is 5.56 Å². The number of alkyl halides is 1. The Morgan fingerprint density at radius 1 is 1.10 bits per heavy atom. The molecule has 112 valence electrons. The third-order valence-corrected chi connectivity index (χ3v) is 5.14. The SMILES string of the molecule is CS(=O)(=O)c1ccc(C(Cl)c2cc(F)c(Br)cc2F)cc1. The minimum Gasteiger partial charge on any atom is -0.224 e. The first-order chi connectivity index (χ1) is 9.70. The second kappa shape index (κ2) is 6.02. The molecule has 2 aromatic rings. The third kappa shape index (κ3) is 3.62.